The molecule has 0 saturated heterocycles. The average molecular weight is 243 g/mol. The van der Waals surface area contributed by atoms with E-state index in [0.29, 0.717) is 5.92 Å². The number of nitrogens with two attached hydrogens (primary N) is 1. The topological polar surface area (TPSA) is 26.0 Å². The first kappa shape index (κ1) is 12.2. The molecule has 0 radical (unpaired) electrons. The number of benzene rings is 1. The number of aryl methyl sites for hydroxylation is 2. The maximum Gasteiger partial charge on any atom is 0.0323 e. The molecule has 2 aliphatic carbocycles. The van der Waals surface area contributed by atoms with Crippen LogP contribution in [-0.4, -0.2) is 0 Å². The van der Waals surface area contributed by atoms with Gasteiger partial charge in [-0.15, -0.1) is 0 Å². The van der Waals surface area contributed by atoms with Gasteiger partial charge in [0.25, 0.3) is 0 Å². The minimum atomic E-state index is 0.267. The van der Waals surface area contributed by atoms with Crippen molar-refractivity contribution < 1.29 is 0 Å². The van der Waals surface area contributed by atoms with Crippen LogP contribution >= 0.6 is 0 Å². The van der Waals surface area contributed by atoms with Crippen LogP contribution in [0.5, 0.6) is 0 Å². The summed E-state index contributed by atoms with van der Waals surface area (Å²) in [6, 6.07) is 7.27. The van der Waals surface area contributed by atoms with E-state index in [1.165, 1.54) is 50.5 Å². The van der Waals surface area contributed by atoms with Gasteiger partial charge in [0, 0.05) is 6.04 Å². The summed E-state index contributed by atoms with van der Waals surface area (Å²) in [6.07, 6.45) is 9.23. The van der Waals surface area contributed by atoms with Gasteiger partial charge < -0.3 is 5.73 Å². The van der Waals surface area contributed by atoms with Crippen molar-refractivity contribution in [2.45, 2.75) is 57.9 Å². The number of rotatable bonds is 2. The Morgan fingerprint density at radius 2 is 1.78 bits per heavy atom. The maximum absolute atomic E-state index is 6.51. The number of hydrogen-bond acceptors (Lipinski definition) is 1. The van der Waals surface area contributed by atoms with E-state index in [4.69, 9.17) is 5.73 Å². The first-order chi connectivity index (χ1) is 8.74. The standard InChI is InChI=1S/C17H25N/c1-12-5-7-14(8-6-12)17(18)16-10-9-13-3-2-4-15(13)11-16/h9-12,14,17H,2-8,18H2,1H3. The van der Waals surface area contributed by atoms with Crippen molar-refractivity contribution in [1.29, 1.82) is 0 Å². The molecule has 1 aromatic carbocycles. The molecule has 0 aromatic heterocycles. The Hall–Kier alpha value is -0.820. The minimum Gasteiger partial charge on any atom is -0.324 e. The quantitative estimate of drug-likeness (QED) is 0.834. The van der Waals surface area contributed by atoms with E-state index in [9.17, 15) is 0 Å². The van der Waals surface area contributed by atoms with Gasteiger partial charge in [-0.3, -0.25) is 0 Å². The highest BCUT2D eigenvalue weighted by Crippen LogP contribution is 2.36. The van der Waals surface area contributed by atoms with Gasteiger partial charge in [0.05, 0.1) is 0 Å². The fourth-order valence-electron chi connectivity index (χ4n) is 3.72. The Morgan fingerprint density at radius 1 is 1.06 bits per heavy atom. The van der Waals surface area contributed by atoms with Crippen LogP contribution in [0.1, 0.15) is 61.8 Å². The summed E-state index contributed by atoms with van der Waals surface area (Å²) >= 11 is 0. The van der Waals surface area contributed by atoms with Crippen LogP contribution in [0.3, 0.4) is 0 Å². The highest BCUT2D eigenvalue weighted by atomic mass is 14.7. The molecule has 0 spiro atoms. The Labute approximate surface area is 111 Å². The van der Waals surface area contributed by atoms with E-state index in [1.807, 2.05) is 0 Å². The second kappa shape index (κ2) is 5.05. The Morgan fingerprint density at radius 3 is 2.56 bits per heavy atom. The average Bonchev–Trinajstić information content (AvgIpc) is 2.86. The van der Waals surface area contributed by atoms with Crippen molar-refractivity contribution in [3.63, 3.8) is 0 Å². The summed E-state index contributed by atoms with van der Waals surface area (Å²) < 4.78 is 0. The third-order valence-electron chi connectivity index (χ3n) is 5.08. The molecular formula is C17H25N. The van der Waals surface area contributed by atoms with Crippen molar-refractivity contribution in [2.75, 3.05) is 0 Å². The highest BCUT2D eigenvalue weighted by Gasteiger charge is 2.25. The van der Waals surface area contributed by atoms with Crippen LogP contribution in [0.2, 0.25) is 0 Å². The van der Waals surface area contributed by atoms with Gasteiger partial charge in [0.1, 0.15) is 0 Å². The number of fused-ring (bicyclic) bond motifs is 1. The Bertz CT molecular complexity index is 416. The van der Waals surface area contributed by atoms with Gasteiger partial charge in [-0.05, 0) is 60.6 Å². The molecule has 1 unspecified atom stereocenters. The first-order valence-corrected chi connectivity index (χ1v) is 7.61. The van der Waals surface area contributed by atoms with Crippen molar-refractivity contribution >= 4 is 0 Å². The molecule has 0 bridgehead atoms. The van der Waals surface area contributed by atoms with E-state index in [2.05, 4.69) is 25.1 Å². The van der Waals surface area contributed by atoms with Gasteiger partial charge in [-0.2, -0.15) is 0 Å². The summed E-state index contributed by atoms with van der Waals surface area (Å²) in [5.74, 6) is 1.62. The molecule has 98 valence electrons. The monoisotopic (exact) mass is 243 g/mol. The van der Waals surface area contributed by atoms with Gasteiger partial charge in [0.15, 0.2) is 0 Å². The lowest BCUT2D eigenvalue weighted by molar-refractivity contribution is 0.256. The number of hydrogen-bond donors (Lipinski definition) is 1. The lowest BCUT2D eigenvalue weighted by Crippen LogP contribution is -2.25. The predicted molar refractivity (Wildman–Crippen MR) is 76.5 cm³/mol. The molecule has 0 heterocycles. The molecule has 0 aliphatic heterocycles. The second-order valence-electron chi connectivity index (χ2n) is 6.43. The molecule has 3 rings (SSSR count). The van der Waals surface area contributed by atoms with Crippen molar-refractivity contribution in [3.8, 4) is 0 Å². The molecule has 2 N–H and O–H groups in total. The molecule has 18 heavy (non-hydrogen) atoms. The molecule has 2 aliphatic rings. The SMILES string of the molecule is CC1CCC(C(N)c2ccc3c(c2)CCC3)CC1. The summed E-state index contributed by atoms with van der Waals surface area (Å²) in [5.41, 5.74) is 11.0. The largest absolute Gasteiger partial charge is 0.324 e. The molecule has 1 fully saturated rings. The zero-order chi connectivity index (χ0) is 12.5. The van der Waals surface area contributed by atoms with Gasteiger partial charge in [-0.25, -0.2) is 0 Å². The Kier molecular flexibility index (Phi) is 3.43. The highest BCUT2D eigenvalue weighted by molar-refractivity contribution is 5.36. The van der Waals surface area contributed by atoms with Crippen LogP contribution in [0.15, 0.2) is 18.2 Å². The third kappa shape index (κ3) is 2.33. The molecule has 1 heteroatoms. The van der Waals surface area contributed by atoms with E-state index in [-0.39, 0.29) is 6.04 Å². The van der Waals surface area contributed by atoms with E-state index in [1.54, 1.807) is 11.1 Å². The molecule has 1 aromatic rings. The van der Waals surface area contributed by atoms with Crippen LogP contribution in [0.4, 0.5) is 0 Å². The van der Waals surface area contributed by atoms with E-state index in [0.717, 1.165) is 5.92 Å². The van der Waals surface area contributed by atoms with E-state index < -0.39 is 0 Å². The minimum absolute atomic E-state index is 0.267. The van der Waals surface area contributed by atoms with Crippen LogP contribution in [0.25, 0.3) is 0 Å². The third-order valence-corrected chi connectivity index (χ3v) is 5.08. The zero-order valence-electron chi connectivity index (χ0n) is 11.5. The summed E-state index contributed by atoms with van der Waals surface area (Å²) in [7, 11) is 0. The fourth-order valence-corrected chi connectivity index (χ4v) is 3.72. The van der Waals surface area contributed by atoms with E-state index >= 15 is 0 Å². The predicted octanol–water partition coefficient (Wildman–Crippen LogP) is 4.00. The zero-order valence-corrected chi connectivity index (χ0v) is 11.5. The maximum atomic E-state index is 6.51. The summed E-state index contributed by atoms with van der Waals surface area (Å²) in [6.45, 7) is 2.37. The van der Waals surface area contributed by atoms with Crippen molar-refractivity contribution in [3.05, 3.63) is 34.9 Å². The summed E-state index contributed by atoms with van der Waals surface area (Å²) in [4.78, 5) is 0. The lowest BCUT2D eigenvalue weighted by atomic mass is 9.77. The second-order valence-corrected chi connectivity index (χ2v) is 6.43. The summed E-state index contributed by atoms with van der Waals surface area (Å²) in [5, 5.41) is 0. The molecular weight excluding hydrogens is 218 g/mol. The molecule has 1 saturated carbocycles. The molecule has 1 atom stereocenters. The van der Waals surface area contributed by atoms with Crippen LogP contribution < -0.4 is 5.73 Å². The van der Waals surface area contributed by atoms with Crippen LogP contribution in [0, 0.1) is 11.8 Å². The van der Waals surface area contributed by atoms with Crippen molar-refractivity contribution in [2.24, 2.45) is 17.6 Å². The van der Waals surface area contributed by atoms with Gasteiger partial charge in [-0.1, -0.05) is 38.0 Å². The van der Waals surface area contributed by atoms with Gasteiger partial charge >= 0.3 is 0 Å². The fraction of sp³-hybridized carbons (Fsp3) is 0.647. The Balaban J connectivity index is 1.74. The smallest absolute Gasteiger partial charge is 0.0323 e. The molecule has 1 nitrogen and oxygen atoms in total. The van der Waals surface area contributed by atoms with Crippen LogP contribution in [-0.2, 0) is 12.8 Å². The first-order valence-electron chi connectivity index (χ1n) is 7.61. The van der Waals surface area contributed by atoms with Gasteiger partial charge in [0.2, 0.25) is 0 Å². The molecule has 0 amide bonds. The normalized spacial score (nSPS) is 29.0. The van der Waals surface area contributed by atoms with Crippen molar-refractivity contribution in [1.82, 2.24) is 0 Å². The lowest BCUT2D eigenvalue weighted by Gasteiger charge is -2.31.